The molecule has 314 valence electrons. The van der Waals surface area contributed by atoms with Gasteiger partial charge in [0.2, 0.25) is 0 Å². The molecule has 0 saturated heterocycles. The van der Waals surface area contributed by atoms with Gasteiger partial charge in [0.15, 0.2) is 23.7 Å². The van der Waals surface area contributed by atoms with Crippen molar-refractivity contribution in [1.29, 1.82) is 0 Å². The molecule has 13 N–H and O–H groups in total. The topological polar surface area (TPSA) is 291 Å². The molecule has 3 aliphatic heterocycles. The SMILES string of the molecule is Oc1ccc([C@H]2Oc3cc(O)cc(O)c3C(c3c(O)cc(O)c4c3O[C@H](c3ccc(O)cc3)[C@H](O)C4c3c(O)cc(O)c4c3O[C@H](c3ccc(O)c(O)c3)[C@H](O)C4)[C@H]2O)cc1. The van der Waals surface area contributed by atoms with Crippen molar-refractivity contribution in [3.8, 4) is 74.7 Å². The molecule has 0 spiro atoms. The average Bonchev–Trinajstić information content (AvgIpc) is 3.21. The van der Waals surface area contributed by atoms with Crippen molar-refractivity contribution in [2.45, 2.75) is 54.9 Å². The number of rotatable bonds is 5. The van der Waals surface area contributed by atoms with Crippen molar-refractivity contribution in [2.75, 3.05) is 0 Å². The van der Waals surface area contributed by atoms with E-state index >= 15 is 0 Å². The summed E-state index contributed by atoms with van der Waals surface area (Å²) in [6.07, 6.45) is -9.07. The maximum Gasteiger partial charge on any atom is 0.157 e. The maximum atomic E-state index is 12.5. The van der Waals surface area contributed by atoms with E-state index in [0.717, 1.165) is 24.3 Å². The lowest BCUT2D eigenvalue weighted by molar-refractivity contribution is -0.00554. The summed E-state index contributed by atoms with van der Waals surface area (Å²) in [5, 5.41) is 145. The molecule has 3 aliphatic rings. The highest BCUT2D eigenvalue weighted by Crippen LogP contribution is 2.62. The van der Waals surface area contributed by atoms with E-state index in [2.05, 4.69) is 0 Å². The fourth-order valence-corrected chi connectivity index (χ4v) is 8.83. The van der Waals surface area contributed by atoms with E-state index in [-0.39, 0.29) is 74.1 Å². The molecule has 8 atom stereocenters. The zero-order chi connectivity index (χ0) is 43.2. The van der Waals surface area contributed by atoms with Gasteiger partial charge < -0.3 is 80.6 Å². The van der Waals surface area contributed by atoms with E-state index in [1.165, 1.54) is 66.7 Å². The van der Waals surface area contributed by atoms with E-state index < -0.39 is 94.5 Å². The van der Waals surface area contributed by atoms with Crippen LogP contribution in [0, 0.1) is 0 Å². The Morgan fingerprint density at radius 1 is 0.377 bits per heavy atom. The number of benzene rings is 6. The second-order valence-electron chi connectivity index (χ2n) is 15.3. The molecule has 0 aliphatic carbocycles. The summed E-state index contributed by atoms with van der Waals surface area (Å²) in [4.78, 5) is 0. The predicted octanol–water partition coefficient (Wildman–Crippen LogP) is 5.03. The normalized spacial score (nSPS) is 24.0. The first-order valence-corrected chi connectivity index (χ1v) is 19.0. The zero-order valence-corrected chi connectivity index (χ0v) is 31.5. The number of aromatic hydroxyl groups is 10. The van der Waals surface area contributed by atoms with Crippen molar-refractivity contribution in [1.82, 2.24) is 0 Å². The molecule has 16 heteroatoms. The van der Waals surface area contributed by atoms with Gasteiger partial charge in [-0.3, -0.25) is 0 Å². The molecule has 16 nitrogen and oxygen atoms in total. The van der Waals surface area contributed by atoms with Crippen LogP contribution in [0.5, 0.6) is 74.7 Å². The first-order valence-electron chi connectivity index (χ1n) is 19.0. The highest BCUT2D eigenvalue weighted by molar-refractivity contribution is 5.70. The summed E-state index contributed by atoms with van der Waals surface area (Å²) in [5.74, 6) is -8.37. The third-order valence-electron chi connectivity index (χ3n) is 11.6. The first-order chi connectivity index (χ1) is 29.1. The fraction of sp³-hybridized carbons (Fsp3) is 0.200. The molecule has 0 radical (unpaired) electrons. The summed E-state index contributed by atoms with van der Waals surface area (Å²) in [7, 11) is 0. The van der Waals surface area contributed by atoms with Crippen LogP contribution in [0.15, 0.2) is 91.0 Å². The van der Waals surface area contributed by atoms with Crippen LogP contribution in [-0.2, 0) is 6.42 Å². The highest BCUT2D eigenvalue weighted by Gasteiger charge is 2.50. The number of aliphatic hydroxyl groups excluding tert-OH is 3. The van der Waals surface area contributed by atoms with Gasteiger partial charge in [0.05, 0.1) is 17.9 Å². The second kappa shape index (κ2) is 14.4. The maximum absolute atomic E-state index is 12.5. The molecule has 6 aromatic rings. The fourth-order valence-electron chi connectivity index (χ4n) is 8.83. The monoisotopic (exact) mass is 834 g/mol. The molecule has 9 rings (SSSR count). The molecule has 0 saturated carbocycles. The quantitative estimate of drug-likeness (QED) is 0.101. The molecule has 3 heterocycles. The van der Waals surface area contributed by atoms with Crippen LogP contribution >= 0.6 is 0 Å². The van der Waals surface area contributed by atoms with Gasteiger partial charge in [-0.1, -0.05) is 30.3 Å². The second-order valence-corrected chi connectivity index (χ2v) is 15.3. The van der Waals surface area contributed by atoms with Gasteiger partial charge in [0, 0.05) is 58.5 Å². The van der Waals surface area contributed by atoms with Gasteiger partial charge in [-0.05, 0) is 53.1 Å². The van der Waals surface area contributed by atoms with Gasteiger partial charge >= 0.3 is 0 Å². The molecule has 6 aromatic carbocycles. The molecular formula is C45H38O16. The van der Waals surface area contributed by atoms with Crippen LogP contribution in [0.2, 0.25) is 0 Å². The molecule has 0 amide bonds. The van der Waals surface area contributed by atoms with Crippen LogP contribution in [0.1, 0.15) is 74.7 Å². The summed E-state index contributed by atoms with van der Waals surface area (Å²) >= 11 is 0. The van der Waals surface area contributed by atoms with E-state index in [1.807, 2.05) is 0 Å². The highest BCUT2D eigenvalue weighted by atomic mass is 16.5. The van der Waals surface area contributed by atoms with Crippen LogP contribution in [-0.4, -0.2) is 84.7 Å². The number of phenolic OH excluding ortho intramolecular Hbond substituents is 10. The van der Waals surface area contributed by atoms with Crippen LogP contribution < -0.4 is 14.2 Å². The Labute approximate surface area is 345 Å². The number of phenols is 10. The van der Waals surface area contributed by atoms with E-state index in [4.69, 9.17) is 14.2 Å². The minimum atomic E-state index is -1.76. The minimum absolute atomic E-state index is 0.00489. The standard InChI is InChI=1S/C45H38O16/c46-20-6-1-17(2-7-20)42-39(57)37(33-27(52)12-22(48)13-32(33)59-42)35-29(54)16-30(55)36-38(40(58)43(61-45(35)36)18-3-8-21(47)9-4-18)34-28(53)15-25(50)23-14-31(56)41(60-44(23)34)19-5-10-24(49)26(51)11-19/h1-13,15-16,31,37-43,46-58H,14H2/t31-,37?,38?,39-,40-,41-,42-,43-/m1/s1. The number of ether oxygens (including phenoxy) is 3. The van der Waals surface area contributed by atoms with Crippen molar-refractivity contribution in [2.24, 2.45) is 0 Å². The molecule has 0 aromatic heterocycles. The summed E-state index contributed by atoms with van der Waals surface area (Å²) in [5.41, 5.74) is -0.0609. The van der Waals surface area contributed by atoms with Crippen molar-refractivity contribution < 1.29 is 80.6 Å². The van der Waals surface area contributed by atoms with E-state index in [0.29, 0.717) is 5.56 Å². The molecular weight excluding hydrogens is 796 g/mol. The van der Waals surface area contributed by atoms with Crippen molar-refractivity contribution >= 4 is 0 Å². The third kappa shape index (κ3) is 6.35. The number of hydrogen-bond acceptors (Lipinski definition) is 16. The van der Waals surface area contributed by atoms with Gasteiger partial charge in [-0.25, -0.2) is 0 Å². The van der Waals surface area contributed by atoms with Crippen molar-refractivity contribution in [3.63, 3.8) is 0 Å². The predicted molar refractivity (Wildman–Crippen MR) is 211 cm³/mol. The van der Waals surface area contributed by atoms with Crippen LogP contribution in [0.25, 0.3) is 0 Å². The Balaban J connectivity index is 1.30. The van der Waals surface area contributed by atoms with Gasteiger partial charge in [0.25, 0.3) is 0 Å². The third-order valence-corrected chi connectivity index (χ3v) is 11.6. The van der Waals surface area contributed by atoms with Gasteiger partial charge in [0.1, 0.15) is 81.6 Å². The van der Waals surface area contributed by atoms with Gasteiger partial charge in [-0.15, -0.1) is 0 Å². The Kier molecular flexibility index (Phi) is 9.23. The molecule has 0 fully saturated rings. The lowest BCUT2D eigenvalue weighted by Gasteiger charge is -2.43. The lowest BCUT2D eigenvalue weighted by atomic mass is 9.73. The van der Waals surface area contributed by atoms with E-state index in [1.54, 1.807) is 0 Å². The van der Waals surface area contributed by atoms with E-state index in [9.17, 15) is 66.4 Å². The van der Waals surface area contributed by atoms with Crippen LogP contribution in [0.3, 0.4) is 0 Å². The largest absolute Gasteiger partial charge is 0.508 e. The first kappa shape index (κ1) is 39.1. The Morgan fingerprint density at radius 3 is 1.43 bits per heavy atom. The smallest absolute Gasteiger partial charge is 0.157 e. The summed E-state index contributed by atoms with van der Waals surface area (Å²) in [6, 6.07) is 19.0. The molecule has 2 unspecified atom stereocenters. The number of hydrogen-bond donors (Lipinski definition) is 13. The summed E-state index contributed by atoms with van der Waals surface area (Å²) in [6.45, 7) is 0. The lowest BCUT2D eigenvalue weighted by Crippen LogP contribution is -2.39. The Hall–Kier alpha value is -7.40. The average molecular weight is 835 g/mol. The molecule has 61 heavy (non-hydrogen) atoms. The zero-order valence-electron chi connectivity index (χ0n) is 31.5. The number of fused-ring (bicyclic) bond motifs is 3. The Bertz CT molecular complexity index is 2700. The minimum Gasteiger partial charge on any atom is -0.508 e. The Morgan fingerprint density at radius 2 is 0.852 bits per heavy atom. The molecule has 0 bridgehead atoms. The van der Waals surface area contributed by atoms with Crippen LogP contribution in [0.4, 0.5) is 0 Å². The number of aliphatic hydroxyl groups is 3. The van der Waals surface area contributed by atoms with Gasteiger partial charge in [-0.2, -0.15) is 0 Å². The summed E-state index contributed by atoms with van der Waals surface area (Å²) < 4.78 is 19.1. The van der Waals surface area contributed by atoms with Crippen molar-refractivity contribution in [3.05, 3.63) is 136 Å².